The third-order valence-corrected chi connectivity index (χ3v) is 3.96. The van der Waals surface area contributed by atoms with Crippen LogP contribution in [0.4, 0.5) is 0 Å². The van der Waals surface area contributed by atoms with Gasteiger partial charge in [0.2, 0.25) is 0 Å². The molecule has 2 heterocycles. The number of carbonyl (C=O) groups is 1. The molecule has 1 fully saturated rings. The molecule has 1 saturated heterocycles. The maximum absolute atomic E-state index is 12.6. The summed E-state index contributed by atoms with van der Waals surface area (Å²) in [7, 11) is 0. The van der Waals surface area contributed by atoms with E-state index in [1.807, 2.05) is 17.0 Å². The number of hydrogen-bond acceptors (Lipinski definition) is 4. The van der Waals surface area contributed by atoms with Crippen LogP contribution >= 0.6 is 0 Å². The number of fused-ring (bicyclic) bond motifs is 1. The minimum absolute atomic E-state index is 0.0104. The molecule has 0 saturated carbocycles. The smallest absolute Gasteiger partial charge is 0.257 e. The molecule has 20 heavy (non-hydrogen) atoms. The van der Waals surface area contributed by atoms with Crippen molar-refractivity contribution in [2.24, 2.45) is 5.92 Å². The van der Waals surface area contributed by atoms with Crippen LogP contribution in [0.15, 0.2) is 18.2 Å². The second kappa shape index (κ2) is 5.71. The first-order valence-corrected chi connectivity index (χ1v) is 7.08. The van der Waals surface area contributed by atoms with E-state index in [0.29, 0.717) is 49.3 Å². The van der Waals surface area contributed by atoms with Gasteiger partial charge in [0.15, 0.2) is 11.5 Å². The second-order valence-electron chi connectivity index (χ2n) is 5.25. The van der Waals surface area contributed by atoms with E-state index in [9.17, 15) is 4.79 Å². The zero-order valence-electron chi connectivity index (χ0n) is 11.4. The summed E-state index contributed by atoms with van der Waals surface area (Å²) in [6.07, 6.45) is 1.71. The quantitative estimate of drug-likeness (QED) is 0.885. The average molecular weight is 277 g/mol. The molecule has 0 radical (unpaired) electrons. The molecule has 0 unspecified atom stereocenters. The molecular formula is C15H19NO4. The topological polar surface area (TPSA) is 59.0 Å². The van der Waals surface area contributed by atoms with E-state index in [1.54, 1.807) is 6.07 Å². The van der Waals surface area contributed by atoms with Gasteiger partial charge in [0, 0.05) is 19.7 Å². The molecule has 1 aromatic carbocycles. The number of nitrogens with zero attached hydrogens (tertiary/aromatic N) is 1. The Bertz CT molecular complexity index is 495. The van der Waals surface area contributed by atoms with E-state index in [2.05, 4.69) is 0 Å². The van der Waals surface area contributed by atoms with Gasteiger partial charge in [-0.25, -0.2) is 0 Å². The lowest BCUT2D eigenvalue weighted by Crippen LogP contribution is -2.39. The summed E-state index contributed by atoms with van der Waals surface area (Å²) in [4.78, 5) is 14.4. The average Bonchev–Trinajstić information content (AvgIpc) is 2.54. The zero-order valence-corrected chi connectivity index (χ0v) is 11.4. The van der Waals surface area contributed by atoms with Gasteiger partial charge in [-0.15, -0.1) is 0 Å². The van der Waals surface area contributed by atoms with Crippen molar-refractivity contribution in [1.29, 1.82) is 0 Å². The molecule has 0 atom stereocenters. The summed E-state index contributed by atoms with van der Waals surface area (Å²) in [6.45, 7) is 2.58. The van der Waals surface area contributed by atoms with Gasteiger partial charge >= 0.3 is 0 Å². The lowest BCUT2D eigenvalue weighted by molar-refractivity contribution is 0.0641. The van der Waals surface area contributed by atoms with Crippen molar-refractivity contribution in [3.8, 4) is 11.5 Å². The Balaban J connectivity index is 1.78. The van der Waals surface area contributed by atoms with Crippen LogP contribution in [0.3, 0.4) is 0 Å². The third-order valence-electron chi connectivity index (χ3n) is 3.96. The lowest BCUT2D eigenvalue weighted by Gasteiger charge is -2.32. The van der Waals surface area contributed by atoms with Crippen molar-refractivity contribution in [1.82, 2.24) is 4.90 Å². The summed E-state index contributed by atoms with van der Waals surface area (Å²) >= 11 is 0. The fourth-order valence-electron chi connectivity index (χ4n) is 2.73. The SMILES string of the molecule is O=C(c1cccc2c1OCCO2)N1CCC(CO)CC1. The molecule has 108 valence electrons. The minimum atomic E-state index is -0.0104. The van der Waals surface area contributed by atoms with Crippen molar-refractivity contribution in [2.75, 3.05) is 32.9 Å². The molecule has 5 heteroatoms. The molecular weight excluding hydrogens is 258 g/mol. The number of likely N-dealkylation sites (tertiary alicyclic amines) is 1. The molecule has 1 aromatic rings. The van der Waals surface area contributed by atoms with Gasteiger partial charge < -0.3 is 19.5 Å². The first-order chi connectivity index (χ1) is 9.79. The highest BCUT2D eigenvalue weighted by Crippen LogP contribution is 2.34. The number of ether oxygens (including phenoxy) is 2. The number of piperidine rings is 1. The molecule has 2 aliphatic rings. The van der Waals surface area contributed by atoms with Crippen LogP contribution < -0.4 is 9.47 Å². The number of rotatable bonds is 2. The molecule has 5 nitrogen and oxygen atoms in total. The third kappa shape index (κ3) is 2.45. The van der Waals surface area contributed by atoms with E-state index in [4.69, 9.17) is 14.6 Å². The minimum Gasteiger partial charge on any atom is -0.486 e. The Morgan fingerprint density at radius 2 is 2.00 bits per heavy atom. The van der Waals surface area contributed by atoms with Crippen LogP contribution in [-0.4, -0.2) is 48.8 Å². The standard InChI is InChI=1S/C15H19NO4/c17-10-11-4-6-16(7-5-11)15(18)12-2-1-3-13-14(12)20-9-8-19-13/h1-3,11,17H,4-10H2. The highest BCUT2D eigenvalue weighted by Gasteiger charge is 2.27. The summed E-state index contributed by atoms with van der Waals surface area (Å²) in [5.74, 6) is 1.52. The van der Waals surface area contributed by atoms with E-state index < -0.39 is 0 Å². The largest absolute Gasteiger partial charge is 0.486 e. The molecule has 3 rings (SSSR count). The van der Waals surface area contributed by atoms with Gasteiger partial charge in [-0.2, -0.15) is 0 Å². The van der Waals surface area contributed by atoms with Gasteiger partial charge in [0.1, 0.15) is 13.2 Å². The van der Waals surface area contributed by atoms with Crippen LogP contribution in [0.2, 0.25) is 0 Å². The Morgan fingerprint density at radius 1 is 1.25 bits per heavy atom. The molecule has 0 spiro atoms. The predicted octanol–water partition coefficient (Wildman–Crippen LogP) is 1.30. The van der Waals surface area contributed by atoms with Crippen molar-refractivity contribution in [2.45, 2.75) is 12.8 Å². The van der Waals surface area contributed by atoms with Gasteiger partial charge in [-0.05, 0) is 30.9 Å². The van der Waals surface area contributed by atoms with Crippen LogP contribution in [0.25, 0.3) is 0 Å². The van der Waals surface area contributed by atoms with Gasteiger partial charge in [0.05, 0.1) is 5.56 Å². The van der Waals surface area contributed by atoms with Crippen molar-refractivity contribution in [3.63, 3.8) is 0 Å². The summed E-state index contributed by atoms with van der Waals surface area (Å²) < 4.78 is 11.1. The molecule has 2 aliphatic heterocycles. The van der Waals surface area contributed by atoms with E-state index in [0.717, 1.165) is 12.8 Å². The Hall–Kier alpha value is -1.75. The zero-order chi connectivity index (χ0) is 13.9. The number of para-hydroxylation sites is 1. The van der Waals surface area contributed by atoms with Gasteiger partial charge in [-0.3, -0.25) is 4.79 Å². The number of aliphatic hydroxyl groups excluding tert-OH is 1. The summed E-state index contributed by atoms with van der Waals surface area (Å²) in [5.41, 5.74) is 0.574. The fraction of sp³-hybridized carbons (Fsp3) is 0.533. The maximum atomic E-state index is 12.6. The van der Waals surface area contributed by atoms with E-state index in [1.165, 1.54) is 0 Å². The molecule has 0 aliphatic carbocycles. The summed E-state index contributed by atoms with van der Waals surface area (Å²) in [6, 6.07) is 5.43. The normalized spacial score (nSPS) is 18.9. The van der Waals surface area contributed by atoms with Crippen molar-refractivity contribution in [3.05, 3.63) is 23.8 Å². The summed E-state index contributed by atoms with van der Waals surface area (Å²) in [5, 5.41) is 9.15. The Labute approximate surface area is 118 Å². The number of hydrogen-bond donors (Lipinski definition) is 1. The fourth-order valence-corrected chi connectivity index (χ4v) is 2.73. The van der Waals surface area contributed by atoms with Gasteiger partial charge in [0.25, 0.3) is 5.91 Å². The molecule has 0 aromatic heterocycles. The van der Waals surface area contributed by atoms with Gasteiger partial charge in [-0.1, -0.05) is 6.07 Å². The van der Waals surface area contributed by atoms with Crippen molar-refractivity contribution >= 4 is 5.91 Å². The molecule has 1 N–H and O–H groups in total. The predicted molar refractivity (Wildman–Crippen MR) is 73.1 cm³/mol. The number of carbonyl (C=O) groups excluding carboxylic acids is 1. The highest BCUT2D eigenvalue weighted by atomic mass is 16.6. The maximum Gasteiger partial charge on any atom is 0.257 e. The Kier molecular flexibility index (Phi) is 3.78. The van der Waals surface area contributed by atoms with E-state index in [-0.39, 0.29) is 12.5 Å². The van der Waals surface area contributed by atoms with Crippen molar-refractivity contribution < 1.29 is 19.4 Å². The molecule has 0 bridgehead atoms. The number of benzene rings is 1. The lowest BCUT2D eigenvalue weighted by atomic mass is 9.97. The first kappa shape index (κ1) is 13.2. The van der Waals surface area contributed by atoms with E-state index >= 15 is 0 Å². The number of amides is 1. The van der Waals surface area contributed by atoms with Crippen LogP contribution in [0.5, 0.6) is 11.5 Å². The second-order valence-corrected chi connectivity index (χ2v) is 5.25. The monoisotopic (exact) mass is 277 g/mol. The highest BCUT2D eigenvalue weighted by molar-refractivity contribution is 5.98. The Morgan fingerprint density at radius 3 is 2.75 bits per heavy atom. The first-order valence-electron chi connectivity index (χ1n) is 7.08. The number of aliphatic hydroxyl groups is 1. The van der Waals surface area contributed by atoms with Crippen LogP contribution in [0, 0.1) is 5.92 Å². The molecule has 1 amide bonds. The van der Waals surface area contributed by atoms with Crippen LogP contribution in [-0.2, 0) is 0 Å². The van der Waals surface area contributed by atoms with Crippen LogP contribution in [0.1, 0.15) is 23.2 Å².